The van der Waals surface area contributed by atoms with Crippen LogP contribution in [0.1, 0.15) is 18.0 Å². The standard InChI is InChI=1S/C13H22N2O3/c1-15-6-5-10(14)13-11(17-3)7-9(16-2)8-12(13)18-4/h7-8,10,15H,5-6,14H2,1-4H3. The van der Waals surface area contributed by atoms with Crippen molar-refractivity contribution in [2.24, 2.45) is 5.73 Å². The summed E-state index contributed by atoms with van der Waals surface area (Å²) in [6.45, 7) is 0.833. The number of hydrogen-bond donors (Lipinski definition) is 2. The zero-order chi connectivity index (χ0) is 13.5. The lowest BCUT2D eigenvalue weighted by Crippen LogP contribution is -2.19. The molecule has 0 heterocycles. The number of nitrogens with one attached hydrogen (secondary N) is 1. The van der Waals surface area contributed by atoms with Gasteiger partial charge in [-0.05, 0) is 20.0 Å². The highest BCUT2D eigenvalue weighted by atomic mass is 16.5. The van der Waals surface area contributed by atoms with Gasteiger partial charge in [0.05, 0.1) is 26.9 Å². The van der Waals surface area contributed by atoms with Gasteiger partial charge in [0.1, 0.15) is 17.2 Å². The van der Waals surface area contributed by atoms with E-state index in [-0.39, 0.29) is 6.04 Å². The zero-order valence-corrected chi connectivity index (χ0v) is 11.4. The number of nitrogens with two attached hydrogens (primary N) is 1. The maximum atomic E-state index is 6.18. The fourth-order valence-corrected chi connectivity index (χ4v) is 1.84. The topological polar surface area (TPSA) is 65.7 Å². The molecule has 0 amide bonds. The molecule has 102 valence electrons. The third kappa shape index (κ3) is 3.27. The van der Waals surface area contributed by atoms with Crippen LogP contribution in [0.15, 0.2) is 12.1 Å². The summed E-state index contributed by atoms with van der Waals surface area (Å²) in [5.74, 6) is 2.07. The van der Waals surface area contributed by atoms with Gasteiger partial charge in [0.25, 0.3) is 0 Å². The molecule has 1 unspecified atom stereocenters. The van der Waals surface area contributed by atoms with Crippen LogP contribution >= 0.6 is 0 Å². The maximum absolute atomic E-state index is 6.18. The molecule has 0 saturated carbocycles. The first-order chi connectivity index (χ1) is 8.67. The van der Waals surface area contributed by atoms with E-state index in [0.29, 0.717) is 17.2 Å². The highest BCUT2D eigenvalue weighted by Crippen LogP contribution is 2.38. The van der Waals surface area contributed by atoms with E-state index in [4.69, 9.17) is 19.9 Å². The van der Waals surface area contributed by atoms with Crippen molar-refractivity contribution in [1.82, 2.24) is 5.32 Å². The number of rotatable bonds is 7. The van der Waals surface area contributed by atoms with Gasteiger partial charge in [0.2, 0.25) is 0 Å². The van der Waals surface area contributed by atoms with E-state index in [1.54, 1.807) is 21.3 Å². The molecule has 5 heteroatoms. The van der Waals surface area contributed by atoms with Crippen LogP contribution < -0.4 is 25.3 Å². The molecule has 1 aromatic rings. The van der Waals surface area contributed by atoms with Gasteiger partial charge in [-0.15, -0.1) is 0 Å². The predicted molar refractivity (Wildman–Crippen MR) is 71.6 cm³/mol. The average molecular weight is 254 g/mol. The SMILES string of the molecule is CNCCC(N)c1c(OC)cc(OC)cc1OC. The van der Waals surface area contributed by atoms with Crippen LogP contribution in [0, 0.1) is 0 Å². The zero-order valence-electron chi connectivity index (χ0n) is 11.4. The summed E-state index contributed by atoms with van der Waals surface area (Å²) in [6.07, 6.45) is 0.801. The van der Waals surface area contributed by atoms with Crippen LogP contribution in [-0.2, 0) is 0 Å². The van der Waals surface area contributed by atoms with Crippen molar-refractivity contribution in [2.75, 3.05) is 34.9 Å². The van der Waals surface area contributed by atoms with Crippen molar-refractivity contribution in [3.05, 3.63) is 17.7 Å². The maximum Gasteiger partial charge on any atom is 0.131 e. The molecule has 0 saturated heterocycles. The molecule has 0 fully saturated rings. The van der Waals surface area contributed by atoms with Crippen molar-refractivity contribution < 1.29 is 14.2 Å². The van der Waals surface area contributed by atoms with Gasteiger partial charge in [0, 0.05) is 18.2 Å². The molecule has 1 rings (SSSR count). The molecule has 0 aliphatic rings. The van der Waals surface area contributed by atoms with Crippen LogP contribution in [0.5, 0.6) is 17.2 Å². The molecule has 0 spiro atoms. The van der Waals surface area contributed by atoms with Crippen molar-refractivity contribution in [3.8, 4) is 17.2 Å². The van der Waals surface area contributed by atoms with Gasteiger partial charge in [-0.1, -0.05) is 0 Å². The third-order valence-corrected chi connectivity index (χ3v) is 2.83. The number of ether oxygens (including phenoxy) is 3. The Morgan fingerprint density at radius 1 is 1.11 bits per heavy atom. The number of methoxy groups -OCH3 is 3. The van der Waals surface area contributed by atoms with Gasteiger partial charge in [-0.2, -0.15) is 0 Å². The summed E-state index contributed by atoms with van der Waals surface area (Å²) < 4.78 is 15.9. The quantitative estimate of drug-likeness (QED) is 0.768. The van der Waals surface area contributed by atoms with Crippen LogP contribution in [0.25, 0.3) is 0 Å². The molecular weight excluding hydrogens is 232 g/mol. The van der Waals surface area contributed by atoms with E-state index in [0.717, 1.165) is 18.5 Å². The molecule has 1 atom stereocenters. The van der Waals surface area contributed by atoms with Crippen LogP contribution in [0.4, 0.5) is 0 Å². The lowest BCUT2D eigenvalue weighted by atomic mass is 10.0. The van der Waals surface area contributed by atoms with E-state index in [9.17, 15) is 0 Å². The molecule has 1 aromatic carbocycles. The molecule has 0 radical (unpaired) electrons. The third-order valence-electron chi connectivity index (χ3n) is 2.83. The first-order valence-corrected chi connectivity index (χ1v) is 5.88. The Labute approximate surface area is 108 Å². The van der Waals surface area contributed by atoms with E-state index >= 15 is 0 Å². The highest BCUT2D eigenvalue weighted by molar-refractivity contribution is 5.52. The normalized spacial score (nSPS) is 12.1. The second-order valence-electron chi connectivity index (χ2n) is 3.94. The van der Waals surface area contributed by atoms with Gasteiger partial charge < -0.3 is 25.3 Å². The van der Waals surface area contributed by atoms with Crippen molar-refractivity contribution in [1.29, 1.82) is 0 Å². The van der Waals surface area contributed by atoms with Crippen molar-refractivity contribution >= 4 is 0 Å². The molecule has 18 heavy (non-hydrogen) atoms. The van der Waals surface area contributed by atoms with E-state index in [1.165, 1.54) is 0 Å². The number of benzene rings is 1. The lowest BCUT2D eigenvalue weighted by molar-refractivity contribution is 0.362. The van der Waals surface area contributed by atoms with Gasteiger partial charge >= 0.3 is 0 Å². The summed E-state index contributed by atoms with van der Waals surface area (Å²) in [7, 11) is 6.73. The Hall–Kier alpha value is -1.46. The Morgan fingerprint density at radius 3 is 2.06 bits per heavy atom. The highest BCUT2D eigenvalue weighted by Gasteiger charge is 2.19. The van der Waals surface area contributed by atoms with E-state index < -0.39 is 0 Å². The largest absolute Gasteiger partial charge is 0.496 e. The monoisotopic (exact) mass is 254 g/mol. The molecular formula is C13H22N2O3. The van der Waals surface area contributed by atoms with Crippen LogP contribution in [0.2, 0.25) is 0 Å². The molecule has 5 nitrogen and oxygen atoms in total. The average Bonchev–Trinajstić information content (AvgIpc) is 2.42. The van der Waals surface area contributed by atoms with Crippen LogP contribution in [-0.4, -0.2) is 34.9 Å². The Morgan fingerprint density at radius 2 is 1.67 bits per heavy atom. The molecule has 0 aromatic heterocycles. The second kappa shape index (κ2) is 7.08. The summed E-state index contributed by atoms with van der Waals surface area (Å²) in [5, 5.41) is 3.08. The second-order valence-corrected chi connectivity index (χ2v) is 3.94. The van der Waals surface area contributed by atoms with Crippen molar-refractivity contribution in [3.63, 3.8) is 0 Å². The summed E-state index contributed by atoms with van der Waals surface area (Å²) >= 11 is 0. The lowest BCUT2D eigenvalue weighted by Gasteiger charge is -2.20. The van der Waals surface area contributed by atoms with E-state index in [2.05, 4.69) is 5.32 Å². The molecule has 0 aliphatic heterocycles. The first-order valence-electron chi connectivity index (χ1n) is 5.88. The van der Waals surface area contributed by atoms with Gasteiger partial charge in [0.15, 0.2) is 0 Å². The van der Waals surface area contributed by atoms with Crippen molar-refractivity contribution in [2.45, 2.75) is 12.5 Å². The minimum absolute atomic E-state index is 0.145. The fraction of sp³-hybridized carbons (Fsp3) is 0.538. The summed E-state index contributed by atoms with van der Waals surface area (Å²) in [4.78, 5) is 0. The molecule has 3 N–H and O–H groups in total. The smallest absolute Gasteiger partial charge is 0.131 e. The predicted octanol–water partition coefficient (Wildman–Crippen LogP) is 1.32. The fourth-order valence-electron chi connectivity index (χ4n) is 1.84. The number of hydrogen-bond acceptors (Lipinski definition) is 5. The van der Waals surface area contributed by atoms with Gasteiger partial charge in [-0.3, -0.25) is 0 Å². The Kier molecular flexibility index (Phi) is 5.74. The first kappa shape index (κ1) is 14.6. The van der Waals surface area contributed by atoms with E-state index in [1.807, 2.05) is 19.2 Å². The minimum Gasteiger partial charge on any atom is -0.496 e. The molecule has 0 bridgehead atoms. The van der Waals surface area contributed by atoms with Crippen LogP contribution in [0.3, 0.4) is 0 Å². The summed E-state index contributed by atoms with van der Waals surface area (Å²) in [6, 6.07) is 3.49. The van der Waals surface area contributed by atoms with Gasteiger partial charge in [-0.25, -0.2) is 0 Å². The molecule has 0 aliphatic carbocycles. The Bertz CT molecular complexity index is 357. The Balaban J connectivity index is 3.13. The minimum atomic E-state index is -0.145. The summed E-state index contributed by atoms with van der Waals surface area (Å²) in [5.41, 5.74) is 7.06.